The molecule has 1 aliphatic carbocycles. The second-order valence-corrected chi connectivity index (χ2v) is 4.85. The minimum absolute atomic E-state index is 0.0715. The number of rotatable bonds is 4. The zero-order valence-electron chi connectivity index (χ0n) is 10.7. The summed E-state index contributed by atoms with van der Waals surface area (Å²) in [4.78, 5) is 12.3. The zero-order valence-corrected chi connectivity index (χ0v) is 10.7. The molecule has 1 amide bonds. The summed E-state index contributed by atoms with van der Waals surface area (Å²) < 4.78 is 2.06. The summed E-state index contributed by atoms with van der Waals surface area (Å²) in [6, 6.07) is 11.9. The summed E-state index contributed by atoms with van der Waals surface area (Å²) in [5, 5.41) is 2.95. The summed E-state index contributed by atoms with van der Waals surface area (Å²) in [5.41, 5.74) is 8.13. The molecule has 1 fully saturated rings. The molecule has 1 aromatic carbocycles. The topological polar surface area (TPSA) is 60.0 Å². The molecule has 0 radical (unpaired) electrons. The Hall–Kier alpha value is -2.07. The van der Waals surface area contributed by atoms with Crippen molar-refractivity contribution in [2.75, 3.05) is 5.32 Å². The van der Waals surface area contributed by atoms with Crippen molar-refractivity contribution in [2.45, 2.75) is 25.4 Å². The van der Waals surface area contributed by atoms with Crippen LogP contribution >= 0.6 is 0 Å². The Bertz CT molecular complexity index is 599. The lowest BCUT2D eigenvalue weighted by Gasteiger charge is -2.11. The second kappa shape index (κ2) is 4.90. The molecule has 1 aliphatic rings. The summed E-state index contributed by atoms with van der Waals surface area (Å²) in [6.45, 7) is 0.417. The third-order valence-corrected chi connectivity index (χ3v) is 3.44. The second-order valence-electron chi connectivity index (χ2n) is 4.85. The van der Waals surface area contributed by atoms with Crippen LogP contribution in [-0.2, 0) is 6.54 Å². The van der Waals surface area contributed by atoms with E-state index in [0.29, 0.717) is 18.3 Å². The predicted molar refractivity (Wildman–Crippen MR) is 75.0 cm³/mol. The van der Waals surface area contributed by atoms with E-state index in [9.17, 15) is 4.79 Å². The standard InChI is InChI=1S/C15H17N3O/c16-10-11-4-1-2-5-13(11)17-15(19)14-6-3-9-18(14)12-7-8-12/h1-6,9,12H,7-8,10,16H2,(H,17,19). The van der Waals surface area contributed by atoms with Gasteiger partial charge in [-0.3, -0.25) is 4.79 Å². The van der Waals surface area contributed by atoms with Gasteiger partial charge in [0.2, 0.25) is 0 Å². The van der Waals surface area contributed by atoms with Gasteiger partial charge in [0.1, 0.15) is 5.69 Å². The lowest BCUT2D eigenvalue weighted by Crippen LogP contribution is -2.17. The molecular formula is C15H17N3O. The van der Waals surface area contributed by atoms with Crippen LogP contribution in [0.1, 0.15) is 34.9 Å². The van der Waals surface area contributed by atoms with Crippen molar-refractivity contribution in [1.82, 2.24) is 4.57 Å². The minimum atomic E-state index is -0.0715. The third kappa shape index (κ3) is 2.39. The van der Waals surface area contributed by atoms with Crippen molar-refractivity contribution in [2.24, 2.45) is 5.73 Å². The van der Waals surface area contributed by atoms with Gasteiger partial charge in [-0.2, -0.15) is 0 Å². The molecule has 3 rings (SSSR count). The average Bonchev–Trinajstić information content (AvgIpc) is 3.16. The van der Waals surface area contributed by atoms with E-state index in [1.807, 2.05) is 42.6 Å². The van der Waals surface area contributed by atoms with Crippen LogP contribution in [0.4, 0.5) is 5.69 Å². The van der Waals surface area contributed by atoms with Crippen LogP contribution in [0.5, 0.6) is 0 Å². The zero-order chi connectivity index (χ0) is 13.2. The molecule has 0 unspecified atom stereocenters. The highest BCUT2D eigenvalue weighted by molar-refractivity contribution is 6.03. The summed E-state index contributed by atoms with van der Waals surface area (Å²) in [6.07, 6.45) is 4.30. The van der Waals surface area contributed by atoms with Crippen molar-refractivity contribution in [3.63, 3.8) is 0 Å². The summed E-state index contributed by atoms with van der Waals surface area (Å²) in [5.74, 6) is -0.0715. The van der Waals surface area contributed by atoms with Crippen LogP contribution in [0.25, 0.3) is 0 Å². The molecule has 4 heteroatoms. The van der Waals surface area contributed by atoms with Crippen LogP contribution in [-0.4, -0.2) is 10.5 Å². The monoisotopic (exact) mass is 255 g/mol. The van der Waals surface area contributed by atoms with Gasteiger partial charge in [-0.05, 0) is 36.6 Å². The van der Waals surface area contributed by atoms with E-state index >= 15 is 0 Å². The highest BCUT2D eigenvalue weighted by Gasteiger charge is 2.26. The highest BCUT2D eigenvalue weighted by atomic mass is 16.1. The van der Waals surface area contributed by atoms with E-state index in [1.54, 1.807) is 0 Å². The Morgan fingerprint density at radius 3 is 2.79 bits per heavy atom. The number of anilines is 1. The third-order valence-electron chi connectivity index (χ3n) is 3.44. The van der Waals surface area contributed by atoms with Crippen LogP contribution in [0.15, 0.2) is 42.6 Å². The fourth-order valence-electron chi connectivity index (χ4n) is 2.26. The van der Waals surface area contributed by atoms with E-state index in [-0.39, 0.29) is 5.91 Å². The molecule has 19 heavy (non-hydrogen) atoms. The molecule has 2 aromatic rings. The number of amides is 1. The first-order chi connectivity index (χ1) is 9.29. The number of carbonyl (C=O) groups is 1. The van der Waals surface area contributed by atoms with Crippen molar-refractivity contribution in [3.05, 3.63) is 53.9 Å². The first kappa shape index (κ1) is 12.0. The quantitative estimate of drug-likeness (QED) is 0.882. The molecule has 4 nitrogen and oxygen atoms in total. The minimum Gasteiger partial charge on any atom is -0.340 e. The molecule has 0 spiro atoms. The molecule has 0 aliphatic heterocycles. The van der Waals surface area contributed by atoms with Crippen LogP contribution in [0.2, 0.25) is 0 Å². The van der Waals surface area contributed by atoms with Crippen molar-refractivity contribution in [3.8, 4) is 0 Å². The van der Waals surface area contributed by atoms with Gasteiger partial charge in [0.25, 0.3) is 5.91 Å². The van der Waals surface area contributed by atoms with E-state index in [4.69, 9.17) is 5.73 Å². The SMILES string of the molecule is NCc1ccccc1NC(=O)c1cccn1C1CC1. The molecule has 0 bridgehead atoms. The fourth-order valence-corrected chi connectivity index (χ4v) is 2.26. The van der Waals surface area contributed by atoms with Crippen LogP contribution in [0, 0.1) is 0 Å². The van der Waals surface area contributed by atoms with Crippen molar-refractivity contribution >= 4 is 11.6 Å². The Morgan fingerprint density at radius 2 is 2.05 bits per heavy atom. The molecule has 0 atom stereocenters. The number of benzene rings is 1. The maximum Gasteiger partial charge on any atom is 0.272 e. The molecule has 98 valence electrons. The van der Waals surface area contributed by atoms with E-state index in [0.717, 1.165) is 24.1 Å². The molecule has 1 saturated carbocycles. The molecular weight excluding hydrogens is 238 g/mol. The number of carbonyl (C=O) groups excluding carboxylic acids is 1. The van der Waals surface area contributed by atoms with Crippen molar-refractivity contribution < 1.29 is 4.79 Å². The number of nitrogens with one attached hydrogen (secondary N) is 1. The number of nitrogens with zero attached hydrogens (tertiary/aromatic N) is 1. The average molecular weight is 255 g/mol. The molecule has 3 N–H and O–H groups in total. The lowest BCUT2D eigenvalue weighted by molar-refractivity contribution is 0.101. The van der Waals surface area contributed by atoms with E-state index in [2.05, 4.69) is 9.88 Å². The van der Waals surface area contributed by atoms with Gasteiger partial charge in [0.15, 0.2) is 0 Å². The number of para-hydroxylation sites is 1. The number of hydrogen-bond donors (Lipinski definition) is 2. The summed E-state index contributed by atoms with van der Waals surface area (Å²) >= 11 is 0. The first-order valence-electron chi connectivity index (χ1n) is 6.56. The van der Waals surface area contributed by atoms with Gasteiger partial charge < -0.3 is 15.6 Å². The Kier molecular flexibility index (Phi) is 3.09. The maximum absolute atomic E-state index is 12.3. The van der Waals surface area contributed by atoms with Crippen LogP contribution in [0.3, 0.4) is 0 Å². The first-order valence-corrected chi connectivity index (χ1v) is 6.56. The van der Waals surface area contributed by atoms with Gasteiger partial charge in [-0.1, -0.05) is 18.2 Å². The number of hydrogen-bond acceptors (Lipinski definition) is 2. The number of nitrogens with two attached hydrogens (primary N) is 1. The highest BCUT2D eigenvalue weighted by Crippen LogP contribution is 2.36. The molecule has 1 heterocycles. The van der Waals surface area contributed by atoms with Crippen molar-refractivity contribution in [1.29, 1.82) is 0 Å². The van der Waals surface area contributed by atoms with E-state index < -0.39 is 0 Å². The fraction of sp³-hybridized carbons (Fsp3) is 0.267. The van der Waals surface area contributed by atoms with E-state index in [1.165, 1.54) is 0 Å². The van der Waals surface area contributed by atoms with Crippen LogP contribution < -0.4 is 11.1 Å². The van der Waals surface area contributed by atoms with Gasteiger partial charge in [-0.25, -0.2) is 0 Å². The molecule has 0 saturated heterocycles. The van der Waals surface area contributed by atoms with Gasteiger partial charge in [0, 0.05) is 24.5 Å². The smallest absolute Gasteiger partial charge is 0.272 e. The summed E-state index contributed by atoms with van der Waals surface area (Å²) in [7, 11) is 0. The van der Waals surface area contributed by atoms with Gasteiger partial charge >= 0.3 is 0 Å². The Balaban J connectivity index is 1.82. The predicted octanol–water partition coefficient (Wildman–Crippen LogP) is 2.53. The normalized spacial score (nSPS) is 14.4. The molecule has 1 aromatic heterocycles. The van der Waals surface area contributed by atoms with Gasteiger partial charge in [0.05, 0.1) is 0 Å². The van der Waals surface area contributed by atoms with Gasteiger partial charge in [-0.15, -0.1) is 0 Å². The number of aromatic nitrogens is 1. The largest absolute Gasteiger partial charge is 0.340 e. The maximum atomic E-state index is 12.3. The Labute approximate surface area is 112 Å². The Morgan fingerprint density at radius 1 is 1.26 bits per heavy atom. The lowest BCUT2D eigenvalue weighted by atomic mass is 10.2.